The van der Waals surface area contributed by atoms with Crippen LogP contribution in [-0.4, -0.2) is 31.7 Å². The fourth-order valence-electron chi connectivity index (χ4n) is 2.69. The molecule has 0 bridgehead atoms. The van der Waals surface area contributed by atoms with Crippen LogP contribution < -0.4 is 14.8 Å². The van der Waals surface area contributed by atoms with Gasteiger partial charge in [0.2, 0.25) is 0 Å². The average Bonchev–Trinajstić information content (AvgIpc) is 2.68. The lowest BCUT2D eigenvalue weighted by atomic mass is 10.1. The van der Waals surface area contributed by atoms with Crippen molar-refractivity contribution in [2.75, 3.05) is 19.0 Å². The van der Waals surface area contributed by atoms with E-state index in [1.807, 2.05) is 45.9 Å². The Morgan fingerprint density at radius 1 is 1.00 bits per heavy atom. The number of para-hydroxylation sites is 1. The molecule has 0 aromatic heterocycles. The lowest BCUT2D eigenvalue weighted by Gasteiger charge is -2.17. The molecule has 1 atom stereocenters. The predicted octanol–water partition coefficient (Wildman–Crippen LogP) is 4.53. The lowest BCUT2D eigenvalue weighted by Crippen LogP contribution is -2.30. The first-order chi connectivity index (χ1) is 13.7. The summed E-state index contributed by atoms with van der Waals surface area (Å²) < 4.78 is 16.3. The van der Waals surface area contributed by atoms with Crippen molar-refractivity contribution in [3.63, 3.8) is 0 Å². The van der Waals surface area contributed by atoms with Crippen LogP contribution in [0.3, 0.4) is 0 Å². The standard InChI is InChI=1S/C23H29NO5/c1-14(2)13-28-19-11-10-18(12-20(19)27-6)23(26)29-17(5)22(25)24-21-15(3)8-7-9-16(21)4/h7-12,14,17H,13H2,1-6H3,(H,24,25)/t17-/m1/s1. The number of aryl methyl sites for hydroxylation is 2. The van der Waals surface area contributed by atoms with E-state index >= 15 is 0 Å². The van der Waals surface area contributed by atoms with Crippen molar-refractivity contribution >= 4 is 17.6 Å². The Kier molecular flexibility index (Phi) is 7.65. The summed E-state index contributed by atoms with van der Waals surface area (Å²) >= 11 is 0. The first-order valence-corrected chi connectivity index (χ1v) is 9.61. The summed E-state index contributed by atoms with van der Waals surface area (Å²) in [5.41, 5.74) is 2.90. The van der Waals surface area contributed by atoms with Crippen LogP contribution in [0.1, 0.15) is 42.3 Å². The van der Waals surface area contributed by atoms with Crippen molar-refractivity contribution in [1.82, 2.24) is 0 Å². The Labute approximate surface area is 172 Å². The van der Waals surface area contributed by atoms with Gasteiger partial charge in [-0.05, 0) is 56.0 Å². The third-order valence-electron chi connectivity index (χ3n) is 4.35. The SMILES string of the molecule is COc1cc(C(=O)O[C@H](C)C(=O)Nc2c(C)cccc2C)ccc1OCC(C)C. The van der Waals surface area contributed by atoms with Crippen molar-refractivity contribution in [2.45, 2.75) is 40.7 Å². The normalized spacial score (nSPS) is 11.7. The molecule has 2 aromatic rings. The van der Waals surface area contributed by atoms with Crippen LogP contribution in [0.2, 0.25) is 0 Å². The zero-order valence-electron chi connectivity index (χ0n) is 17.9. The summed E-state index contributed by atoms with van der Waals surface area (Å²) in [5.74, 6) is 0.356. The molecule has 1 N–H and O–H groups in total. The predicted molar refractivity (Wildman–Crippen MR) is 113 cm³/mol. The number of anilines is 1. The van der Waals surface area contributed by atoms with E-state index in [1.54, 1.807) is 18.2 Å². The van der Waals surface area contributed by atoms with E-state index in [0.717, 1.165) is 16.8 Å². The molecule has 0 aliphatic rings. The molecule has 6 heteroatoms. The van der Waals surface area contributed by atoms with Crippen LogP contribution in [0.25, 0.3) is 0 Å². The van der Waals surface area contributed by atoms with Gasteiger partial charge >= 0.3 is 5.97 Å². The minimum atomic E-state index is -0.954. The largest absolute Gasteiger partial charge is 0.493 e. The van der Waals surface area contributed by atoms with Gasteiger partial charge in [0.1, 0.15) is 0 Å². The number of rotatable bonds is 8. The van der Waals surface area contributed by atoms with E-state index in [4.69, 9.17) is 14.2 Å². The number of methoxy groups -OCH3 is 1. The van der Waals surface area contributed by atoms with E-state index in [-0.39, 0.29) is 11.5 Å². The lowest BCUT2D eigenvalue weighted by molar-refractivity contribution is -0.123. The molecule has 0 fully saturated rings. The van der Waals surface area contributed by atoms with Gasteiger partial charge in [0.15, 0.2) is 17.6 Å². The molecule has 0 saturated carbocycles. The second-order valence-electron chi connectivity index (χ2n) is 7.37. The maximum atomic E-state index is 12.5. The third kappa shape index (κ3) is 5.98. The molecule has 0 aliphatic heterocycles. The smallest absolute Gasteiger partial charge is 0.339 e. The van der Waals surface area contributed by atoms with Crippen molar-refractivity contribution < 1.29 is 23.8 Å². The quantitative estimate of drug-likeness (QED) is 0.660. The van der Waals surface area contributed by atoms with Crippen LogP contribution in [0.4, 0.5) is 5.69 Å². The van der Waals surface area contributed by atoms with Crippen LogP contribution >= 0.6 is 0 Å². The van der Waals surface area contributed by atoms with E-state index < -0.39 is 12.1 Å². The second-order valence-corrected chi connectivity index (χ2v) is 7.37. The molecule has 0 heterocycles. The molecule has 6 nitrogen and oxygen atoms in total. The van der Waals surface area contributed by atoms with E-state index in [0.29, 0.717) is 24.0 Å². The van der Waals surface area contributed by atoms with Gasteiger partial charge in [0, 0.05) is 5.69 Å². The van der Waals surface area contributed by atoms with Crippen molar-refractivity contribution in [3.8, 4) is 11.5 Å². The minimum absolute atomic E-state index is 0.283. The van der Waals surface area contributed by atoms with Gasteiger partial charge in [-0.25, -0.2) is 4.79 Å². The number of esters is 1. The first kappa shape index (κ1) is 22.3. The number of nitrogens with one attached hydrogen (secondary N) is 1. The summed E-state index contributed by atoms with van der Waals surface area (Å²) in [4.78, 5) is 25.0. The number of amides is 1. The Morgan fingerprint density at radius 3 is 2.24 bits per heavy atom. The Balaban J connectivity index is 2.05. The van der Waals surface area contributed by atoms with E-state index in [2.05, 4.69) is 5.32 Å². The van der Waals surface area contributed by atoms with Crippen molar-refractivity contribution in [1.29, 1.82) is 0 Å². The van der Waals surface area contributed by atoms with Gasteiger partial charge in [0.25, 0.3) is 5.91 Å². The molecule has 0 aliphatic carbocycles. The minimum Gasteiger partial charge on any atom is -0.493 e. The molecule has 0 spiro atoms. The molecule has 156 valence electrons. The van der Waals surface area contributed by atoms with Crippen LogP contribution in [-0.2, 0) is 9.53 Å². The number of carbonyl (C=O) groups is 2. The van der Waals surface area contributed by atoms with Gasteiger partial charge in [-0.3, -0.25) is 4.79 Å². The summed E-state index contributed by atoms with van der Waals surface area (Å²) in [6.07, 6.45) is -0.954. The summed E-state index contributed by atoms with van der Waals surface area (Å²) in [6.45, 7) is 9.99. The number of hydrogen-bond donors (Lipinski definition) is 1. The fraction of sp³-hybridized carbons (Fsp3) is 0.391. The third-order valence-corrected chi connectivity index (χ3v) is 4.35. The number of hydrogen-bond acceptors (Lipinski definition) is 5. The molecular weight excluding hydrogens is 370 g/mol. The van der Waals surface area contributed by atoms with Crippen LogP contribution in [0, 0.1) is 19.8 Å². The zero-order chi connectivity index (χ0) is 21.6. The Morgan fingerprint density at radius 2 is 1.66 bits per heavy atom. The van der Waals surface area contributed by atoms with Gasteiger partial charge < -0.3 is 19.5 Å². The fourth-order valence-corrected chi connectivity index (χ4v) is 2.69. The topological polar surface area (TPSA) is 73.9 Å². The Bertz CT molecular complexity index is 855. The molecule has 2 rings (SSSR count). The molecule has 2 aromatic carbocycles. The van der Waals surface area contributed by atoms with Gasteiger partial charge in [-0.2, -0.15) is 0 Å². The average molecular weight is 399 g/mol. The van der Waals surface area contributed by atoms with Crippen LogP contribution in [0.15, 0.2) is 36.4 Å². The molecule has 0 radical (unpaired) electrons. The Hall–Kier alpha value is -3.02. The highest BCUT2D eigenvalue weighted by molar-refractivity contribution is 5.98. The van der Waals surface area contributed by atoms with Crippen molar-refractivity contribution in [3.05, 3.63) is 53.1 Å². The van der Waals surface area contributed by atoms with Crippen molar-refractivity contribution in [2.24, 2.45) is 5.92 Å². The maximum Gasteiger partial charge on any atom is 0.339 e. The second kappa shape index (κ2) is 9.96. The molecule has 0 unspecified atom stereocenters. The summed E-state index contributed by atoms with van der Waals surface area (Å²) in [5, 5.41) is 2.83. The van der Waals surface area contributed by atoms with Gasteiger partial charge in [-0.1, -0.05) is 32.0 Å². The number of carbonyl (C=O) groups excluding carboxylic acids is 2. The first-order valence-electron chi connectivity index (χ1n) is 9.61. The molecule has 0 saturated heterocycles. The number of ether oxygens (including phenoxy) is 3. The van der Waals surface area contributed by atoms with Gasteiger partial charge in [0.05, 0.1) is 19.3 Å². The highest BCUT2D eigenvalue weighted by atomic mass is 16.5. The van der Waals surface area contributed by atoms with Gasteiger partial charge in [-0.15, -0.1) is 0 Å². The summed E-state index contributed by atoms with van der Waals surface area (Å²) in [6, 6.07) is 10.6. The maximum absolute atomic E-state index is 12.5. The monoisotopic (exact) mass is 399 g/mol. The van der Waals surface area contributed by atoms with Crippen LogP contribution in [0.5, 0.6) is 11.5 Å². The zero-order valence-corrected chi connectivity index (χ0v) is 17.9. The summed E-state index contributed by atoms with van der Waals surface area (Å²) in [7, 11) is 1.51. The molecule has 29 heavy (non-hydrogen) atoms. The molecular formula is C23H29NO5. The number of benzene rings is 2. The van der Waals surface area contributed by atoms with E-state index in [9.17, 15) is 9.59 Å². The molecule has 1 amide bonds. The highest BCUT2D eigenvalue weighted by Crippen LogP contribution is 2.29. The van der Waals surface area contributed by atoms with E-state index in [1.165, 1.54) is 14.0 Å². The highest BCUT2D eigenvalue weighted by Gasteiger charge is 2.21.